The Kier molecular flexibility index (Phi) is 7.23. The van der Waals surface area contributed by atoms with Crippen molar-refractivity contribution in [3.63, 3.8) is 0 Å². The Morgan fingerprint density at radius 2 is 2.38 bits per heavy atom. The van der Waals surface area contributed by atoms with Crippen LogP contribution in [-0.2, 0) is 11.2 Å². The molecule has 1 aliphatic heterocycles. The van der Waals surface area contributed by atoms with Gasteiger partial charge in [-0.15, -0.1) is 11.3 Å². The van der Waals surface area contributed by atoms with Crippen molar-refractivity contribution in [2.45, 2.75) is 25.3 Å². The van der Waals surface area contributed by atoms with E-state index in [0.29, 0.717) is 22.3 Å². The number of ether oxygens (including phenoxy) is 1. The first-order chi connectivity index (χ1) is 13.9. The zero-order chi connectivity index (χ0) is 21.0. The summed E-state index contributed by atoms with van der Waals surface area (Å²) >= 11 is 9.05. The fourth-order valence-electron chi connectivity index (χ4n) is 2.68. The number of hydrogen-bond acceptors (Lipinski definition) is 7. The van der Waals surface area contributed by atoms with Gasteiger partial charge in [-0.05, 0) is 31.0 Å². The molecule has 11 heteroatoms. The molecular formula is C18H23ClN6O2S2. The van der Waals surface area contributed by atoms with E-state index in [4.69, 9.17) is 27.5 Å². The number of pyridine rings is 1. The average Bonchev–Trinajstić information content (AvgIpc) is 3.10. The Morgan fingerprint density at radius 3 is 3.10 bits per heavy atom. The Balaban J connectivity index is 1.77. The van der Waals surface area contributed by atoms with Gasteiger partial charge < -0.3 is 20.7 Å². The molecule has 1 aliphatic rings. The molecule has 8 nitrogen and oxygen atoms in total. The molecule has 3 heterocycles. The highest BCUT2D eigenvalue weighted by molar-refractivity contribution is 7.98. The predicted molar refractivity (Wildman–Crippen MR) is 120 cm³/mol. The summed E-state index contributed by atoms with van der Waals surface area (Å²) in [4.78, 5) is 19.6. The number of carbonyl (C=O) groups excluding carboxylic acids is 1. The number of hydrogen-bond donors (Lipinski definition) is 3. The average molecular weight is 455 g/mol. The number of aromatic nitrogens is 1. The molecule has 2 aromatic heterocycles. The van der Waals surface area contributed by atoms with Crippen molar-refractivity contribution in [1.82, 2.24) is 9.29 Å². The monoisotopic (exact) mass is 454 g/mol. The lowest BCUT2D eigenvalue weighted by Gasteiger charge is -2.37. The fraction of sp³-hybridized carbons (Fsp3) is 0.389. The van der Waals surface area contributed by atoms with Crippen molar-refractivity contribution < 1.29 is 9.53 Å². The lowest BCUT2D eigenvalue weighted by Crippen LogP contribution is -2.43. The third-order valence-electron chi connectivity index (χ3n) is 4.21. The summed E-state index contributed by atoms with van der Waals surface area (Å²) in [5.41, 5.74) is 6.06. The van der Waals surface area contributed by atoms with Crippen LogP contribution in [0.2, 0.25) is 5.02 Å². The van der Waals surface area contributed by atoms with Crippen LogP contribution in [0.1, 0.15) is 28.7 Å². The number of nitrogens with zero attached hydrogens (tertiary/aromatic N) is 3. The van der Waals surface area contributed by atoms with Crippen molar-refractivity contribution in [3.8, 4) is 0 Å². The summed E-state index contributed by atoms with van der Waals surface area (Å²) in [5, 5.41) is 11.6. The molecule has 3 rings (SSSR count). The zero-order valence-corrected chi connectivity index (χ0v) is 18.5. The van der Waals surface area contributed by atoms with E-state index in [2.05, 4.69) is 10.3 Å². The number of amides is 1. The summed E-state index contributed by atoms with van der Waals surface area (Å²) < 4.78 is 7.38. The van der Waals surface area contributed by atoms with Gasteiger partial charge in [0.1, 0.15) is 10.8 Å². The number of halogens is 1. The van der Waals surface area contributed by atoms with Gasteiger partial charge >= 0.3 is 0 Å². The third-order valence-corrected chi connectivity index (χ3v) is 6.86. The van der Waals surface area contributed by atoms with Crippen LogP contribution < -0.4 is 16.0 Å². The van der Waals surface area contributed by atoms with Gasteiger partial charge in [-0.1, -0.05) is 24.6 Å². The second-order valence-electron chi connectivity index (χ2n) is 6.30. The summed E-state index contributed by atoms with van der Waals surface area (Å²) in [7, 11) is 1.70. The summed E-state index contributed by atoms with van der Waals surface area (Å²) in [6, 6.07) is 7.20. The number of thiophene rings is 1. The van der Waals surface area contributed by atoms with E-state index in [1.54, 1.807) is 19.2 Å². The molecule has 1 fully saturated rings. The number of aryl methyl sites for hydroxylation is 1. The summed E-state index contributed by atoms with van der Waals surface area (Å²) in [5.74, 6) is 0.188. The molecule has 2 aromatic rings. The molecule has 1 saturated heterocycles. The maximum atomic E-state index is 12.7. The van der Waals surface area contributed by atoms with E-state index in [9.17, 15) is 4.79 Å². The van der Waals surface area contributed by atoms with Crippen molar-refractivity contribution >= 4 is 57.6 Å². The largest absolute Gasteiger partial charge is 0.369 e. The number of nitrogens with one attached hydrogen (secondary N) is 2. The van der Waals surface area contributed by atoms with E-state index >= 15 is 0 Å². The van der Waals surface area contributed by atoms with Crippen LogP contribution in [0.25, 0.3) is 0 Å². The van der Waals surface area contributed by atoms with Gasteiger partial charge in [0.15, 0.2) is 11.5 Å². The SMILES string of the molecule is CCc1cccc(NC(=O)c2cc(Cl)c(N3CCCOC3SN(C)C(=N)N)s2)n1. The molecular weight excluding hydrogens is 432 g/mol. The first kappa shape index (κ1) is 21.7. The number of rotatable bonds is 6. The molecule has 0 spiro atoms. The minimum atomic E-state index is -0.382. The van der Waals surface area contributed by atoms with Gasteiger partial charge in [0.05, 0.1) is 16.5 Å². The molecule has 0 aromatic carbocycles. The van der Waals surface area contributed by atoms with E-state index in [1.807, 2.05) is 24.0 Å². The highest BCUT2D eigenvalue weighted by Gasteiger charge is 2.30. The van der Waals surface area contributed by atoms with Gasteiger partial charge in [0, 0.05) is 31.2 Å². The predicted octanol–water partition coefficient (Wildman–Crippen LogP) is 3.59. The van der Waals surface area contributed by atoms with Crippen LogP contribution in [0.3, 0.4) is 0 Å². The lowest BCUT2D eigenvalue weighted by atomic mass is 10.3. The van der Waals surface area contributed by atoms with E-state index < -0.39 is 0 Å². The van der Waals surface area contributed by atoms with Crippen molar-refractivity contribution in [2.75, 3.05) is 30.4 Å². The molecule has 0 bridgehead atoms. The maximum Gasteiger partial charge on any atom is 0.267 e. The molecule has 1 amide bonds. The van der Waals surface area contributed by atoms with Crippen LogP contribution in [0, 0.1) is 5.41 Å². The van der Waals surface area contributed by atoms with Gasteiger partial charge in [-0.25, -0.2) is 4.98 Å². The van der Waals surface area contributed by atoms with Crippen molar-refractivity contribution in [3.05, 3.63) is 39.9 Å². The van der Waals surface area contributed by atoms with Gasteiger partial charge in [-0.2, -0.15) is 0 Å². The zero-order valence-electron chi connectivity index (χ0n) is 16.1. The second-order valence-corrected chi connectivity index (χ2v) is 8.90. The topological polar surface area (TPSA) is 108 Å². The quantitative estimate of drug-likeness (QED) is 0.347. The molecule has 156 valence electrons. The van der Waals surface area contributed by atoms with Crippen LogP contribution in [-0.4, -0.2) is 46.9 Å². The van der Waals surface area contributed by atoms with Gasteiger partial charge in [0.2, 0.25) is 0 Å². The minimum absolute atomic E-state index is 0.0664. The minimum Gasteiger partial charge on any atom is -0.369 e. The van der Waals surface area contributed by atoms with E-state index in [0.717, 1.165) is 30.1 Å². The Morgan fingerprint density at radius 1 is 1.59 bits per heavy atom. The maximum absolute atomic E-state index is 12.7. The molecule has 4 N–H and O–H groups in total. The Hall–Kier alpha value is -2.01. The smallest absolute Gasteiger partial charge is 0.267 e. The fourth-order valence-corrected chi connectivity index (χ4v) is 5.00. The molecule has 1 unspecified atom stereocenters. The van der Waals surface area contributed by atoms with Crippen LogP contribution >= 0.6 is 34.9 Å². The summed E-state index contributed by atoms with van der Waals surface area (Å²) in [6.07, 6.45) is 1.63. The Labute approximate surface area is 183 Å². The van der Waals surface area contributed by atoms with E-state index in [-0.39, 0.29) is 17.4 Å². The lowest BCUT2D eigenvalue weighted by molar-refractivity contribution is 0.0820. The standard InChI is InChI=1S/C18H23ClN6O2S2/c1-3-11-6-4-7-14(22-11)23-15(26)13-10-12(19)16(28-13)25-8-5-9-27-18(25)29-24(2)17(20)21/h4,6-7,10,18H,3,5,8-9H2,1-2H3,(H3,20,21)(H,22,23,26). The molecule has 0 aliphatic carbocycles. The first-order valence-corrected chi connectivity index (χ1v) is 11.1. The van der Waals surface area contributed by atoms with E-state index in [1.165, 1.54) is 27.6 Å². The first-order valence-electron chi connectivity index (χ1n) is 9.08. The molecule has 1 atom stereocenters. The van der Waals surface area contributed by atoms with Gasteiger partial charge in [-0.3, -0.25) is 14.5 Å². The van der Waals surface area contributed by atoms with Crippen LogP contribution in [0.5, 0.6) is 0 Å². The number of carbonyl (C=O) groups is 1. The molecule has 0 radical (unpaired) electrons. The van der Waals surface area contributed by atoms with Crippen LogP contribution in [0.15, 0.2) is 24.3 Å². The molecule has 0 saturated carbocycles. The highest BCUT2D eigenvalue weighted by Crippen LogP contribution is 2.40. The normalized spacial score (nSPS) is 16.5. The number of guanidine groups is 1. The number of anilines is 2. The number of nitrogens with two attached hydrogens (primary N) is 1. The van der Waals surface area contributed by atoms with Crippen LogP contribution in [0.4, 0.5) is 10.8 Å². The molecule has 29 heavy (non-hydrogen) atoms. The second kappa shape index (κ2) is 9.66. The third kappa shape index (κ3) is 5.33. The Bertz CT molecular complexity index is 893. The summed E-state index contributed by atoms with van der Waals surface area (Å²) in [6.45, 7) is 3.35. The van der Waals surface area contributed by atoms with Crippen molar-refractivity contribution in [1.29, 1.82) is 5.41 Å². The van der Waals surface area contributed by atoms with Gasteiger partial charge in [0.25, 0.3) is 5.91 Å². The van der Waals surface area contributed by atoms with Crippen molar-refractivity contribution in [2.24, 2.45) is 5.73 Å². The highest BCUT2D eigenvalue weighted by atomic mass is 35.5.